The van der Waals surface area contributed by atoms with Gasteiger partial charge in [0.05, 0.1) is 6.54 Å². The Morgan fingerprint density at radius 2 is 1.80 bits per heavy atom. The fourth-order valence-electron chi connectivity index (χ4n) is 2.53. The first-order chi connectivity index (χ1) is 6.81. The molecule has 0 spiro atoms. The van der Waals surface area contributed by atoms with E-state index in [2.05, 4.69) is 18.7 Å². The maximum atomic E-state index is 10.8. The molecule has 0 saturated carbocycles. The highest BCUT2D eigenvalue weighted by atomic mass is 16.6. The van der Waals surface area contributed by atoms with Crippen LogP contribution < -0.4 is 0 Å². The van der Waals surface area contributed by atoms with Gasteiger partial charge in [0.1, 0.15) is 0 Å². The third kappa shape index (κ3) is 3.45. The molecule has 4 heteroatoms. The van der Waals surface area contributed by atoms with Crippen LogP contribution in [0.1, 0.15) is 34.1 Å². The smallest absolute Gasteiger partial charge is 0.229 e. The van der Waals surface area contributed by atoms with E-state index in [-0.39, 0.29) is 4.92 Å². The molecule has 0 aromatic heterocycles. The van der Waals surface area contributed by atoms with Crippen LogP contribution in [0.2, 0.25) is 0 Å². The van der Waals surface area contributed by atoms with Gasteiger partial charge in [0.25, 0.3) is 0 Å². The first kappa shape index (κ1) is 12.4. The van der Waals surface area contributed by atoms with E-state index < -0.39 is 5.54 Å². The lowest BCUT2D eigenvalue weighted by Gasteiger charge is -2.36. The van der Waals surface area contributed by atoms with E-state index in [9.17, 15) is 10.1 Å². The van der Waals surface area contributed by atoms with Crippen LogP contribution in [0, 0.1) is 22.0 Å². The molecule has 1 fully saturated rings. The Bertz CT molecular complexity index is 231. The number of hydrogen-bond donors (Lipinski definition) is 0. The summed E-state index contributed by atoms with van der Waals surface area (Å²) in [6, 6.07) is 0. The molecule has 0 aromatic rings. The Hall–Kier alpha value is -0.640. The van der Waals surface area contributed by atoms with Crippen molar-refractivity contribution in [3.63, 3.8) is 0 Å². The monoisotopic (exact) mass is 214 g/mol. The van der Waals surface area contributed by atoms with Crippen LogP contribution in [0.3, 0.4) is 0 Å². The van der Waals surface area contributed by atoms with Crippen molar-refractivity contribution in [3.05, 3.63) is 10.1 Å². The van der Waals surface area contributed by atoms with Crippen molar-refractivity contribution in [1.29, 1.82) is 0 Å². The van der Waals surface area contributed by atoms with Gasteiger partial charge in [-0.25, -0.2) is 0 Å². The summed E-state index contributed by atoms with van der Waals surface area (Å²) in [5, 5.41) is 10.8. The summed E-state index contributed by atoms with van der Waals surface area (Å²) < 4.78 is 0. The Labute approximate surface area is 91.8 Å². The molecule has 2 atom stereocenters. The highest BCUT2D eigenvalue weighted by molar-refractivity contribution is 4.80. The van der Waals surface area contributed by atoms with Crippen molar-refractivity contribution in [2.75, 3.05) is 19.6 Å². The third-order valence-electron chi connectivity index (χ3n) is 3.05. The molecule has 15 heavy (non-hydrogen) atoms. The molecule has 88 valence electrons. The lowest BCUT2D eigenvalue weighted by molar-refractivity contribution is -0.561. The summed E-state index contributed by atoms with van der Waals surface area (Å²) >= 11 is 0. The van der Waals surface area contributed by atoms with Crippen molar-refractivity contribution in [3.8, 4) is 0 Å². The number of rotatable bonds is 3. The van der Waals surface area contributed by atoms with E-state index in [1.807, 2.05) is 0 Å². The van der Waals surface area contributed by atoms with Crippen LogP contribution in [0.15, 0.2) is 0 Å². The first-order valence-electron chi connectivity index (χ1n) is 5.68. The van der Waals surface area contributed by atoms with Gasteiger partial charge in [0.15, 0.2) is 0 Å². The molecule has 1 rings (SSSR count). The fourth-order valence-corrected chi connectivity index (χ4v) is 2.53. The van der Waals surface area contributed by atoms with E-state index in [1.165, 1.54) is 6.42 Å². The van der Waals surface area contributed by atoms with E-state index in [4.69, 9.17) is 0 Å². The second kappa shape index (κ2) is 4.47. The van der Waals surface area contributed by atoms with Crippen molar-refractivity contribution >= 4 is 0 Å². The highest BCUT2D eigenvalue weighted by Gasteiger charge is 2.35. The van der Waals surface area contributed by atoms with Gasteiger partial charge < -0.3 is 0 Å². The van der Waals surface area contributed by atoms with Gasteiger partial charge in [-0.1, -0.05) is 13.8 Å². The van der Waals surface area contributed by atoms with Crippen LogP contribution in [0.5, 0.6) is 0 Å². The summed E-state index contributed by atoms with van der Waals surface area (Å²) in [5.74, 6) is 1.33. The Morgan fingerprint density at radius 1 is 1.33 bits per heavy atom. The minimum absolute atomic E-state index is 0.170. The molecule has 0 bridgehead atoms. The predicted molar refractivity (Wildman–Crippen MR) is 60.5 cm³/mol. The predicted octanol–water partition coefficient (Wildman–Crippen LogP) is 2.02. The fraction of sp³-hybridized carbons (Fsp3) is 1.00. The number of piperidine rings is 1. The van der Waals surface area contributed by atoms with E-state index >= 15 is 0 Å². The summed E-state index contributed by atoms with van der Waals surface area (Å²) in [5.41, 5.74) is -0.823. The lowest BCUT2D eigenvalue weighted by Crippen LogP contribution is -2.49. The van der Waals surface area contributed by atoms with E-state index in [1.54, 1.807) is 13.8 Å². The average Bonchev–Trinajstić information content (AvgIpc) is 1.99. The average molecular weight is 214 g/mol. The molecular weight excluding hydrogens is 192 g/mol. The van der Waals surface area contributed by atoms with Crippen molar-refractivity contribution < 1.29 is 4.92 Å². The van der Waals surface area contributed by atoms with E-state index in [0.29, 0.717) is 18.4 Å². The molecule has 0 amide bonds. The largest absolute Gasteiger partial charge is 0.296 e. The van der Waals surface area contributed by atoms with Gasteiger partial charge in [0.2, 0.25) is 5.54 Å². The molecule has 0 aromatic carbocycles. The van der Waals surface area contributed by atoms with Gasteiger partial charge in [-0.15, -0.1) is 0 Å². The van der Waals surface area contributed by atoms with Gasteiger partial charge >= 0.3 is 0 Å². The zero-order chi connectivity index (χ0) is 11.6. The Morgan fingerprint density at radius 3 is 2.20 bits per heavy atom. The van der Waals surface area contributed by atoms with Gasteiger partial charge in [-0.05, 0) is 18.3 Å². The number of likely N-dealkylation sites (tertiary alicyclic amines) is 1. The van der Waals surface area contributed by atoms with Crippen LogP contribution in [-0.2, 0) is 0 Å². The van der Waals surface area contributed by atoms with E-state index in [0.717, 1.165) is 13.1 Å². The molecule has 0 radical (unpaired) electrons. The third-order valence-corrected chi connectivity index (χ3v) is 3.05. The minimum Gasteiger partial charge on any atom is -0.296 e. The zero-order valence-corrected chi connectivity index (χ0v) is 10.2. The van der Waals surface area contributed by atoms with Crippen LogP contribution >= 0.6 is 0 Å². The molecule has 1 saturated heterocycles. The maximum Gasteiger partial charge on any atom is 0.229 e. The molecule has 0 aliphatic carbocycles. The number of nitrogens with zero attached hydrogens (tertiary/aromatic N) is 2. The molecule has 1 aliphatic rings. The zero-order valence-electron chi connectivity index (χ0n) is 10.2. The lowest BCUT2D eigenvalue weighted by atomic mass is 9.91. The topological polar surface area (TPSA) is 46.4 Å². The maximum absolute atomic E-state index is 10.8. The summed E-state index contributed by atoms with van der Waals surface area (Å²) in [6.45, 7) is 10.4. The molecule has 1 aliphatic heterocycles. The summed E-state index contributed by atoms with van der Waals surface area (Å²) in [7, 11) is 0. The van der Waals surface area contributed by atoms with Gasteiger partial charge in [-0.2, -0.15) is 0 Å². The minimum atomic E-state index is -0.823. The normalized spacial score (nSPS) is 29.1. The Kier molecular flexibility index (Phi) is 3.71. The van der Waals surface area contributed by atoms with Crippen molar-refractivity contribution in [2.45, 2.75) is 39.7 Å². The quantitative estimate of drug-likeness (QED) is 0.533. The van der Waals surface area contributed by atoms with Gasteiger partial charge in [0, 0.05) is 31.9 Å². The molecule has 0 N–H and O–H groups in total. The highest BCUT2D eigenvalue weighted by Crippen LogP contribution is 2.23. The van der Waals surface area contributed by atoms with Crippen LogP contribution in [0.4, 0.5) is 0 Å². The Balaban J connectivity index is 2.54. The number of hydrogen-bond acceptors (Lipinski definition) is 3. The summed E-state index contributed by atoms with van der Waals surface area (Å²) in [6.07, 6.45) is 1.25. The summed E-state index contributed by atoms with van der Waals surface area (Å²) in [4.78, 5) is 12.9. The molecule has 2 unspecified atom stereocenters. The SMILES string of the molecule is CC1CC(C)CN(CC(C)(C)[N+](=O)[O-])C1. The second-order valence-electron chi connectivity index (χ2n) is 5.71. The second-order valence-corrected chi connectivity index (χ2v) is 5.71. The van der Waals surface area contributed by atoms with Crippen molar-refractivity contribution in [2.24, 2.45) is 11.8 Å². The standard InChI is InChI=1S/C11H22N2O2/c1-9-5-10(2)7-12(6-9)8-11(3,4)13(14)15/h9-10H,5-8H2,1-4H3. The van der Waals surface area contributed by atoms with Crippen LogP contribution in [0.25, 0.3) is 0 Å². The van der Waals surface area contributed by atoms with Crippen molar-refractivity contribution in [1.82, 2.24) is 4.90 Å². The van der Waals surface area contributed by atoms with Crippen LogP contribution in [-0.4, -0.2) is 35.0 Å². The molecule has 4 nitrogen and oxygen atoms in total. The molecule has 1 heterocycles. The molecular formula is C11H22N2O2. The van der Waals surface area contributed by atoms with Gasteiger partial charge in [-0.3, -0.25) is 15.0 Å². The number of nitro groups is 1. The first-order valence-corrected chi connectivity index (χ1v) is 5.68.